The SMILES string of the molecule is NS(=O)(=O)c1ccc2c(c1)CCN2C(=O)c1csnn1. The van der Waals surface area contributed by atoms with E-state index in [4.69, 9.17) is 5.14 Å². The molecule has 0 saturated carbocycles. The summed E-state index contributed by atoms with van der Waals surface area (Å²) in [5.41, 5.74) is 1.77. The number of primary sulfonamides is 1. The number of aromatic nitrogens is 2. The van der Waals surface area contributed by atoms with Gasteiger partial charge in [-0.05, 0) is 41.7 Å². The molecule has 2 heterocycles. The molecule has 0 unspecified atom stereocenters. The molecule has 0 atom stereocenters. The number of anilines is 1. The zero-order valence-corrected chi connectivity index (χ0v) is 11.8. The van der Waals surface area contributed by atoms with Crippen molar-refractivity contribution in [1.82, 2.24) is 9.59 Å². The average molecular weight is 310 g/mol. The molecule has 0 bridgehead atoms. The Hall–Kier alpha value is -1.84. The third kappa shape index (κ3) is 2.19. The van der Waals surface area contributed by atoms with Crippen LogP contribution < -0.4 is 10.0 Å². The number of carbonyl (C=O) groups excluding carboxylic acids is 1. The Kier molecular flexibility index (Phi) is 3.04. The van der Waals surface area contributed by atoms with Crippen molar-refractivity contribution in [2.75, 3.05) is 11.4 Å². The molecule has 7 nitrogen and oxygen atoms in total. The lowest BCUT2D eigenvalue weighted by Crippen LogP contribution is -2.29. The van der Waals surface area contributed by atoms with Crippen LogP contribution in [0.2, 0.25) is 0 Å². The Bertz CT molecular complexity index is 771. The molecule has 9 heteroatoms. The van der Waals surface area contributed by atoms with Gasteiger partial charge in [-0.1, -0.05) is 4.49 Å². The molecule has 1 aliphatic heterocycles. The number of hydrogen-bond donors (Lipinski definition) is 1. The fourth-order valence-corrected chi connectivity index (χ4v) is 3.16. The number of carbonyl (C=O) groups is 1. The van der Waals surface area contributed by atoms with Gasteiger partial charge in [0, 0.05) is 17.6 Å². The van der Waals surface area contributed by atoms with Crippen molar-refractivity contribution in [1.29, 1.82) is 0 Å². The van der Waals surface area contributed by atoms with Crippen LogP contribution >= 0.6 is 11.5 Å². The molecule has 1 amide bonds. The Morgan fingerprint density at radius 1 is 1.40 bits per heavy atom. The van der Waals surface area contributed by atoms with E-state index in [9.17, 15) is 13.2 Å². The second kappa shape index (κ2) is 4.62. The molecule has 1 aromatic carbocycles. The van der Waals surface area contributed by atoms with E-state index in [1.807, 2.05) is 0 Å². The number of fused-ring (bicyclic) bond motifs is 1. The van der Waals surface area contributed by atoms with Gasteiger partial charge in [-0.3, -0.25) is 4.79 Å². The van der Waals surface area contributed by atoms with Gasteiger partial charge in [0.25, 0.3) is 5.91 Å². The molecule has 1 aromatic heterocycles. The molecule has 20 heavy (non-hydrogen) atoms. The summed E-state index contributed by atoms with van der Waals surface area (Å²) < 4.78 is 26.3. The van der Waals surface area contributed by atoms with Gasteiger partial charge in [-0.15, -0.1) is 5.10 Å². The average Bonchev–Trinajstić information content (AvgIpc) is 3.06. The van der Waals surface area contributed by atoms with Crippen molar-refractivity contribution in [3.63, 3.8) is 0 Å². The highest BCUT2D eigenvalue weighted by atomic mass is 32.2. The second-order valence-corrected chi connectivity index (χ2v) is 6.50. The number of nitrogens with zero attached hydrogens (tertiary/aromatic N) is 3. The fraction of sp³-hybridized carbons (Fsp3) is 0.182. The Morgan fingerprint density at radius 3 is 2.85 bits per heavy atom. The molecule has 2 aromatic rings. The van der Waals surface area contributed by atoms with Crippen LogP contribution in [0.25, 0.3) is 0 Å². The van der Waals surface area contributed by atoms with Gasteiger partial charge in [0.1, 0.15) is 0 Å². The van der Waals surface area contributed by atoms with Gasteiger partial charge in [0.2, 0.25) is 10.0 Å². The Morgan fingerprint density at radius 2 is 2.20 bits per heavy atom. The quantitative estimate of drug-likeness (QED) is 0.863. The largest absolute Gasteiger partial charge is 0.306 e. The van der Waals surface area contributed by atoms with Crippen molar-refractivity contribution < 1.29 is 13.2 Å². The van der Waals surface area contributed by atoms with E-state index in [0.717, 1.165) is 17.1 Å². The highest BCUT2D eigenvalue weighted by Gasteiger charge is 2.27. The predicted molar refractivity (Wildman–Crippen MR) is 73.1 cm³/mol. The van der Waals surface area contributed by atoms with Gasteiger partial charge >= 0.3 is 0 Å². The summed E-state index contributed by atoms with van der Waals surface area (Å²) in [6.07, 6.45) is 0.585. The summed E-state index contributed by atoms with van der Waals surface area (Å²) in [6, 6.07) is 4.51. The lowest BCUT2D eigenvalue weighted by atomic mass is 10.2. The van der Waals surface area contributed by atoms with Crippen LogP contribution in [0.15, 0.2) is 28.5 Å². The number of rotatable bonds is 2. The summed E-state index contributed by atoms with van der Waals surface area (Å²) in [5, 5.41) is 10.4. The van der Waals surface area contributed by atoms with Crippen LogP contribution in [0.4, 0.5) is 5.69 Å². The van der Waals surface area contributed by atoms with Crippen LogP contribution in [0.3, 0.4) is 0 Å². The van der Waals surface area contributed by atoms with E-state index in [2.05, 4.69) is 9.59 Å². The standard InChI is InChI=1S/C11H10N4O3S2/c12-20(17,18)8-1-2-10-7(5-8)3-4-15(10)11(16)9-6-19-14-13-9/h1-2,5-6H,3-4H2,(H2,12,17,18). The molecule has 104 valence electrons. The normalized spacial score (nSPS) is 14.3. The third-order valence-electron chi connectivity index (χ3n) is 3.10. The van der Waals surface area contributed by atoms with Crippen LogP contribution in [0.5, 0.6) is 0 Å². The van der Waals surface area contributed by atoms with E-state index in [1.165, 1.54) is 12.1 Å². The smallest absolute Gasteiger partial charge is 0.279 e. The Balaban J connectivity index is 1.98. The van der Waals surface area contributed by atoms with E-state index < -0.39 is 10.0 Å². The van der Waals surface area contributed by atoms with Gasteiger partial charge in [0.05, 0.1) is 4.90 Å². The summed E-state index contributed by atoms with van der Waals surface area (Å²) in [6.45, 7) is 0.486. The topological polar surface area (TPSA) is 106 Å². The number of hydrogen-bond acceptors (Lipinski definition) is 6. The lowest BCUT2D eigenvalue weighted by Gasteiger charge is -2.15. The van der Waals surface area contributed by atoms with Crippen molar-refractivity contribution >= 4 is 33.2 Å². The maximum atomic E-state index is 12.2. The molecule has 0 spiro atoms. The first-order valence-electron chi connectivity index (χ1n) is 5.71. The second-order valence-electron chi connectivity index (χ2n) is 4.33. The highest BCUT2D eigenvalue weighted by molar-refractivity contribution is 7.89. The van der Waals surface area contributed by atoms with E-state index in [0.29, 0.717) is 24.3 Å². The van der Waals surface area contributed by atoms with Crippen molar-refractivity contribution in [2.45, 2.75) is 11.3 Å². The van der Waals surface area contributed by atoms with Crippen molar-refractivity contribution in [2.24, 2.45) is 5.14 Å². The molecule has 0 fully saturated rings. The minimum atomic E-state index is -3.73. The molecule has 2 N–H and O–H groups in total. The highest BCUT2D eigenvalue weighted by Crippen LogP contribution is 2.30. The third-order valence-corrected chi connectivity index (χ3v) is 4.51. The monoisotopic (exact) mass is 310 g/mol. The van der Waals surface area contributed by atoms with Crippen LogP contribution in [-0.2, 0) is 16.4 Å². The predicted octanol–water partition coefficient (Wildman–Crippen LogP) is 0.388. The summed E-state index contributed by atoms with van der Waals surface area (Å²) in [4.78, 5) is 13.9. The zero-order valence-electron chi connectivity index (χ0n) is 10.2. The first-order chi connectivity index (χ1) is 9.47. The van der Waals surface area contributed by atoms with Gasteiger partial charge in [-0.2, -0.15) is 0 Å². The van der Waals surface area contributed by atoms with Crippen LogP contribution in [0.1, 0.15) is 16.1 Å². The number of nitrogens with two attached hydrogens (primary N) is 1. The summed E-state index contributed by atoms with van der Waals surface area (Å²) in [7, 11) is -3.73. The van der Waals surface area contributed by atoms with Crippen molar-refractivity contribution in [3.8, 4) is 0 Å². The van der Waals surface area contributed by atoms with Crippen LogP contribution in [-0.4, -0.2) is 30.5 Å². The first-order valence-corrected chi connectivity index (χ1v) is 8.10. The number of benzene rings is 1. The minimum Gasteiger partial charge on any atom is -0.306 e. The maximum absolute atomic E-state index is 12.2. The van der Waals surface area contributed by atoms with Gasteiger partial charge < -0.3 is 4.90 Å². The van der Waals surface area contributed by atoms with E-state index in [1.54, 1.807) is 16.3 Å². The molecule has 3 rings (SSSR count). The summed E-state index contributed by atoms with van der Waals surface area (Å²) >= 11 is 1.11. The zero-order chi connectivity index (χ0) is 14.3. The molecule has 0 radical (unpaired) electrons. The van der Waals surface area contributed by atoms with Gasteiger partial charge in [-0.25, -0.2) is 13.6 Å². The molecule has 0 saturated heterocycles. The van der Waals surface area contributed by atoms with Crippen molar-refractivity contribution in [3.05, 3.63) is 34.8 Å². The minimum absolute atomic E-state index is 0.0564. The first kappa shape index (κ1) is 13.2. The number of amides is 1. The molecular formula is C11H10N4O3S2. The number of sulfonamides is 1. The van der Waals surface area contributed by atoms with E-state index >= 15 is 0 Å². The van der Waals surface area contributed by atoms with Gasteiger partial charge in [0.15, 0.2) is 5.69 Å². The lowest BCUT2D eigenvalue weighted by molar-refractivity contribution is 0.0984. The summed E-state index contributed by atoms with van der Waals surface area (Å²) in [5.74, 6) is -0.235. The maximum Gasteiger partial charge on any atom is 0.279 e. The molecular weight excluding hydrogens is 300 g/mol. The fourth-order valence-electron chi connectivity index (χ4n) is 2.16. The molecule has 1 aliphatic rings. The Labute approximate surface area is 119 Å². The molecule has 0 aliphatic carbocycles. The van der Waals surface area contributed by atoms with E-state index in [-0.39, 0.29) is 10.8 Å². The van der Waals surface area contributed by atoms with Crippen LogP contribution in [0, 0.1) is 0 Å².